The molecule has 0 aromatic heterocycles. The molecule has 0 aliphatic carbocycles. The molecule has 6 nitrogen and oxygen atoms in total. The van der Waals surface area contributed by atoms with Crippen LogP contribution in [0.4, 0.5) is 4.79 Å². The molecule has 1 amide bonds. The number of fused-ring (bicyclic) bond motifs is 1. The zero-order chi connectivity index (χ0) is 13.7. The van der Waals surface area contributed by atoms with Crippen LogP contribution < -0.4 is 14.9 Å². The van der Waals surface area contributed by atoms with Gasteiger partial charge in [-0.1, -0.05) is 0 Å². The molecule has 6 heteroatoms. The number of nitrogens with zero attached hydrogens (tertiary/aromatic N) is 1. The topological polar surface area (TPSA) is 69.2 Å². The third-order valence-corrected chi connectivity index (χ3v) is 2.55. The van der Waals surface area contributed by atoms with Gasteiger partial charge >= 0.3 is 6.09 Å². The third kappa shape index (κ3) is 3.37. The number of hydrogen-bond donors (Lipinski definition) is 1. The highest BCUT2D eigenvalue weighted by Gasteiger charge is 2.12. The molecule has 1 aliphatic heterocycles. The van der Waals surface area contributed by atoms with Crippen LogP contribution in [-0.4, -0.2) is 31.6 Å². The highest BCUT2D eigenvalue weighted by Crippen LogP contribution is 2.30. The molecule has 1 heterocycles. The van der Waals surface area contributed by atoms with Crippen molar-refractivity contribution < 1.29 is 19.0 Å². The van der Waals surface area contributed by atoms with Crippen molar-refractivity contribution in [3.05, 3.63) is 23.8 Å². The van der Waals surface area contributed by atoms with Gasteiger partial charge in [0.05, 0.1) is 12.3 Å². The minimum atomic E-state index is -0.570. The quantitative estimate of drug-likeness (QED) is 0.669. The van der Waals surface area contributed by atoms with E-state index in [1.54, 1.807) is 13.8 Å². The zero-order valence-electron chi connectivity index (χ0n) is 10.9. The average molecular weight is 264 g/mol. The molecule has 0 saturated heterocycles. The molecule has 1 aliphatic rings. The molecule has 0 spiro atoms. The van der Waals surface area contributed by atoms with Gasteiger partial charge < -0.3 is 14.2 Å². The Morgan fingerprint density at radius 3 is 2.84 bits per heavy atom. The summed E-state index contributed by atoms with van der Waals surface area (Å²) in [6.07, 6.45) is -0.570. The first-order valence-corrected chi connectivity index (χ1v) is 6.07. The summed E-state index contributed by atoms with van der Waals surface area (Å²) in [6, 6.07) is 5.52. The van der Waals surface area contributed by atoms with Crippen LogP contribution in [0.1, 0.15) is 19.4 Å². The first kappa shape index (κ1) is 13.2. The van der Waals surface area contributed by atoms with Crippen LogP contribution in [0, 0.1) is 0 Å². The van der Waals surface area contributed by atoms with Crippen LogP contribution in [-0.2, 0) is 4.74 Å². The number of amides is 1. The first-order chi connectivity index (χ1) is 9.20. The Bertz CT molecular complexity index is 499. The molecular formula is C13H16N2O4. The van der Waals surface area contributed by atoms with E-state index in [-0.39, 0.29) is 0 Å². The SMILES string of the molecule is CCOC(=O)N/N=C(/C)c1ccc2c(c1)OCCO2. The Hall–Kier alpha value is -2.24. The zero-order valence-corrected chi connectivity index (χ0v) is 10.9. The van der Waals surface area contributed by atoms with Crippen molar-refractivity contribution in [1.29, 1.82) is 0 Å². The molecule has 1 aromatic rings. The highest BCUT2D eigenvalue weighted by molar-refractivity contribution is 5.99. The Balaban J connectivity index is 2.08. The molecule has 0 saturated carbocycles. The lowest BCUT2D eigenvalue weighted by Crippen LogP contribution is -2.20. The van der Waals surface area contributed by atoms with E-state index in [1.807, 2.05) is 18.2 Å². The molecular weight excluding hydrogens is 248 g/mol. The van der Waals surface area contributed by atoms with Gasteiger partial charge in [0.1, 0.15) is 13.2 Å². The summed E-state index contributed by atoms with van der Waals surface area (Å²) in [7, 11) is 0. The second-order valence-corrected chi connectivity index (χ2v) is 3.89. The van der Waals surface area contributed by atoms with Gasteiger partial charge in [0.25, 0.3) is 0 Å². The van der Waals surface area contributed by atoms with E-state index in [4.69, 9.17) is 14.2 Å². The fourth-order valence-corrected chi connectivity index (χ4v) is 1.63. The van der Waals surface area contributed by atoms with E-state index in [0.717, 1.165) is 11.3 Å². The monoisotopic (exact) mass is 264 g/mol. The van der Waals surface area contributed by atoms with Crippen molar-refractivity contribution in [3.63, 3.8) is 0 Å². The average Bonchev–Trinajstić information content (AvgIpc) is 2.44. The van der Waals surface area contributed by atoms with E-state index < -0.39 is 6.09 Å². The molecule has 102 valence electrons. The van der Waals surface area contributed by atoms with Crippen molar-refractivity contribution in [3.8, 4) is 11.5 Å². The van der Waals surface area contributed by atoms with E-state index in [0.29, 0.717) is 31.3 Å². The number of ether oxygens (including phenoxy) is 3. The van der Waals surface area contributed by atoms with Crippen LogP contribution in [0.25, 0.3) is 0 Å². The lowest BCUT2D eigenvalue weighted by Gasteiger charge is -2.18. The molecule has 19 heavy (non-hydrogen) atoms. The molecule has 1 aromatic carbocycles. The summed E-state index contributed by atoms with van der Waals surface area (Å²) < 4.78 is 15.6. The molecule has 1 N–H and O–H groups in total. The van der Waals surface area contributed by atoms with Crippen LogP contribution >= 0.6 is 0 Å². The number of benzene rings is 1. The van der Waals surface area contributed by atoms with Gasteiger partial charge in [0.15, 0.2) is 11.5 Å². The highest BCUT2D eigenvalue weighted by atomic mass is 16.6. The Morgan fingerprint density at radius 1 is 1.37 bits per heavy atom. The molecule has 2 rings (SSSR count). The van der Waals surface area contributed by atoms with Gasteiger partial charge in [-0.25, -0.2) is 10.2 Å². The number of rotatable bonds is 3. The first-order valence-electron chi connectivity index (χ1n) is 6.07. The number of carbonyl (C=O) groups is 1. The van der Waals surface area contributed by atoms with Crippen molar-refractivity contribution in [2.45, 2.75) is 13.8 Å². The van der Waals surface area contributed by atoms with Gasteiger partial charge in [0.2, 0.25) is 0 Å². The maximum absolute atomic E-state index is 11.1. The van der Waals surface area contributed by atoms with E-state index in [9.17, 15) is 4.79 Å². The van der Waals surface area contributed by atoms with Gasteiger partial charge in [-0.15, -0.1) is 0 Å². The minimum absolute atomic E-state index is 0.310. The molecule has 0 unspecified atom stereocenters. The summed E-state index contributed by atoms with van der Waals surface area (Å²) in [5.74, 6) is 1.41. The number of nitrogens with one attached hydrogen (secondary N) is 1. The van der Waals surface area contributed by atoms with Crippen molar-refractivity contribution in [1.82, 2.24) is 5.43 Å². The number of carbonyl (C=O) groups excluding carboxylic acids is 1. The van der Waals surface area contributed by atoms with Gasteiger partial charge in [-0.05, 0) is 32.0 Å². The lowest BCUT2D eigenvalue weighted by molar-refractivity contribution is 0.152. The summed E-state index contributed by atoms with van der Waals surface area (Å²) in [5, 5.41) is 3.96. The van der Waals surface area contributed by atoms with Crippen LogP contribution in [0.15, 0.2) is 23.3 Å². The molecule has 0 radical (unpaired) electrons. The summed E-state index contributed by atoms with van der Waals surface area (Å²) in [4.78, 5) is 11.1. The third-order valence-electron chi connectivity index (χ3n) is 2.55. The Kier molecular flexibility index (Phi) is 4.22. The maximum Gasteiger partial charge on any atom is 0.427 e. The van der Waals surface area contributed by atoms with Gasteiger partial charge in [-0.2, -0.15) is 5.10 Å². The van der Waals surface area contributed by atoms with E-state index >= 15 is 0 Å². The van der Waals surface area contributed by atoms with Crippen LogP contribution in [0.3, 0.4) is 0 Å². The summed E-state index contributed by atoms with van der Waals surface area (Å²) in [5.41, 5.74) is 3.82. The van der Waals surface area contributed by atoms with Gasteiger partial charge in [-0.3, -0.25) is 0 Å². The standard InChI is InChI=1S/C13H16N2O4/c1-3-17-13(16)15-14-9(2)10-4-5-11-12(8-10)19-7-6-18-11/h4-5,8H,3,6-7H2,1-2H3,(H,15,16)/b14-9-. The van der Waals surface area contributed by atoms with Gasteiger partial charge in [0, 0.05) is 5.56 Å². The molecule has 0 atom stereocenters. The fraction of sp³-hybridized carbons (Fsp3) is 0.385. The second kappa shape index (κ2) is 6.08. The van der Waals surface area contributed by atoms with Crippen molar-refractivity contribution in [2.24, 2.45) is 5.10 Å². The predicted molar refractivity (Wildman–Crippen MR) is 69.8 cm³/mol. The molecule has 0 fully saturated rings. The minimum Gasteiger partial charge on any atom is -0.486 e. The van der Waals surface area contributed by atoms with E-state index in [1.165, 1.54) is 0 Å². The largest absolute Gasteiger partial charge is 0.486 e. The van der Waals surface area contributed by atoms with Crippen LogP contribution in [0.5, 0.6) is 11.5 Å². The number of hydrazone groups is 1. The van der Waals surface area contributed by atoms with E-state index in [2.05, 4.69) is 10.5 Å². The van der Waals surface area contributed by atoms with Crippen molar-refractivity contribution in [2.75, 3.05) is 19.8 Å². The van der Waals surface area contributed by atoms with Crippen LogP contribution in [0.2, 0.25) is 0 Å². The fourth-order valence-electron chi connectivity index (χ4n) is 1.63. The molecule has 0 bridgehead atoms. The lowest BCUT2D eigenvalue weighted by atomic mass is 10.1. The smallest absolute Gasteiger partial charge is 0.427 e. The summed E-state index contributed by atoms with van der Waals surface area (Å²) in [6.45, 7) is 4.93. The van der Waals surface area contributed by atoms with Crippen molar-refractivity contribution >= 4 is 11.8 Å². The summed E-state index contributed by atoms with van der Waals surface area (Å²) >= 11 is 0. The Labute approximate surface area is 111 Å². The Morgan fingerprint density at radius 2 is 2.11 bits per heavy atom. The second-order valence-electron chi connectivity index (χ2n) is 3.89. The normalized spacial score (nSPS) is 13.9. The maximum atomic E-state index is 11.1. The predicted octanol–water partition coefficient (Wildman–Crippen LogP) is 1.93. The number of hydrogen-bond acceptors (Lipinski definition) is 5.